The maximum Gasteiger partial charge on any atom is 0.194 e. The van der Waals surface area contributed by atoms with Crippen LogP contribution in [0, 0.1) is 0 Å². The molecule has 0 radical (unpaired) electrons. The Morgan fingerprint density at radius 2 is 1.50 bits per heavy atom. The average molecular weight is 289 g/mol. The van der Waals surface area contributed by atoms with E-state index in [1.807, 2.05) is 48.5 Å². The molecule has 0 spiro atoms. The van der Waals surface area contributed by atoms with Crippen molar-refractivity contribution in [1.82, 2.24) is 4.98 Å². The summed E-state index contributed by atoms with van der Waals surface area (Å²) in [4.78, 5) is 16.3. The molecule has 0 unspecified atom stereocenters. The molecule has 22 heavy (non-hydrogen) atoms. The summed E-state index contributed by atoms with van der Waals surface area (Å²) in [6.45, 7) is 0. The van der Waals surface area contributed by atoms with Gasteiger partial charge in [0, 0.05) is 23.5 Å². The summed E-state index contributed by atoms with van der Waals surface area (Å²) < 4.78 is 5.15. The summed E-state index contributed by atoms with van der Waals surface area (Å²) in [5.41, 5.74) is 3.40. The molecule has 0 aliphatic rings. The van der Waals surface area contributed by atoms with Crippen molar-refractivity contribution in [2.24, 2.45) is 0 Å². The SMILES string of the molecule is COc1ccc(-c2ccc(C(=O)c3cccnc3)cc2)cc1. The zero-order valence-corrected chi connectivity index (χ0v) is 12.2. The van der Waals surface area contributed by atoms with Gasteiger partial charge in [-0.2, -0.15) is 0 Å². The highest BCUT2D eigenvalue weighted by molar-refractivity contribution is 6.08. The van der Waals surface area contributed by atoms with Crippen molar-refractivity contribution in [2.45, 2.75) is 0 Å². The fourth-order valence-corrected chi connectivity index (χ4v) is 2.26. The van der Waals surface area contributed by atoms with E-state index in [9.17, 15) is 4.79 Å². The van der Waals surface area contributed by atoms with Gasteiger partial charge in [-0.15, -0.1) is 0 Å². The van der Waals surface area contributed by atoms with E-state index in [2.05, 4.69) is 4.98 Å². The first-order valence-corrected chi connectivity index (χ1v) is 6.97. The Labute approximate surface area is 129 Å². The van der Waals surface area contributed by atoms with Crippen molar-refractivity contribution in [3.8, 4) is 16.9 Å². The lowest BCUT2D eigenvalue weighted by atomic mass is 10.00. The molecule has 1 heterocycles. The number of ether oxygens (including phenoxy) is 1. The van der Waals surface area contributed by atoms with Crippen LogP contribution in [-0.4, -0.2) is 17.9 Å². The number of rotatable bonds is 4. The second kappa shape index (κ2) is 6.22. The van der Waals surface area contributed by atoms with Crippen molar-refractivity contribution < 1.29 is 9.53 Å². The quantitative estimate of drug-likeness (QED) is 0.682. The van der Waals surface area contributed by atoms with Crippen molar-refractivity contribution in [2.75, 3.05) is 7.11 Å². The van der Waals surface area contributed by atoms with Gasteiger partial charge in [-0.05, 0) is 35.4 Å². The van der Waals surface area contributed by atoms with Gasteiger partial charge >= 0.3 is 0 Å². The average Bonchev–Trinajstić information content (AvgIpc) is 2.62. The second-order valence-corrected chi connectivity index (χ2v) is 4.88. The van der Waals surface area contributed by atoms with Gasteiger partial charge in [-0.25, -0.2) is 0 Å². The molecule has 0 amide bonds. The normalized spacial score (nSPS) is 10.2. The van der Waals surface area contributed by atoms with Crippen molar-refractivity contribution in [3.63, 3.8) is 0 Å². The Bertz CT molecular complexity index is 763. The number of hydrogen-bond donors (Lipinski definition) is 0. The summed E-state index contributed by atoms with van der Waals surface area (Å²) >= 11 is 0. The van der Waals surface area contributed by atoms with Gasteiger partial charge < -0.3 is 4.74 Å². The summed E-state index contributed by atoms with van der Waals surface area (Å²) in [6, 6.07) is 19.0. The number of benzene rings is 2. The zero-order chi connectivity index (χ0) is 15.4. The standard InChI is InChI=1S/C19H15NO2/c1-22-18-10-8-15(9-11-18)14-4-6-16(7-5-14)19(21)17-3-2-12-20-13-17/h2-13H,1H3. The molecule has 3 heteroatoms. The highest BCUT2D eigenvalue weighted by Crippen LogP contribution is 2.23. The first-order chi connectivity index (χ1) is 10.8. The molecule has 3 rings (SSSR count). The Balaban J connectivity index is 1.84. The summed E-state index contributed by atoms with van der Waals surface area (Å²) in [7, 11) is 1.65. The molecular weight excluding hydrogens is 274 g/mol. The Morgan fingerprint density at radius 1 is 0.864 bits per heavy atom. The van der Waals surface area contributed by atoms with Gasteiger partial charge in [0.2, 0.25) is 0 Å². The fraction of sp³-hybridized carbons (Fsp3) is 0.0526. The van der Waals surface area contributed by atoms with E-state index in [4.69, 9.17) is 4.74 Å². The Kier molecular flexibility index (Phi) is 3.97. The van der Waals surface area contributed by atoms with Crippen molar-refractivity contribution in [3.05, 3.63) is 84.2 Å². The monoisotopic (exact) mass is 289 g/mol. The van der Waals surface area contributed by atoms with Crippen LogP contribution in [0.3, 0.4) is 0 Å². The molecule has 0 aliphatic carbocycles. The minimum absolute atomic E-state index is 0.0191. The van der Waals surface area contributed by atoms with Crippen LogP contribution in [0.2, 0.25) is 0 Å². The molecule has 3 nitrogen and oxygen atoms in total. The number of methoxy groups -OCH3 is 1. The van der Waals surface area contributed by atoms with E-state index in [0.717, 1.165) is 16.9 Å². The van der Waals surface area contributed by atoms with Gasteiger partial charge in [0.1, 0.15) is 5.75 Å². The lowest BCUT2D eigenvalue weighted by Gasteiger charge is -2.05. The van der Waals surface area contributed by atoms with E-state index in [1.165, 1.54) is 0 Å². The molecule has 0 saturated heterocycles. The van der Waals surface area contributed by atoms with Crippen LogP contribution in [0.25, 0.3) is 11.1 Å². The number of aromatic nitrogens is 1. The second-order valence-electron chi connectivity index (χ2n) is 4.88. The van der Waals surface area contributed by atoms with E-state index in [0.29, 0.717) is 11.1 Å². The largest absolute Gasteiger partial charge is 0.497 e. The highest BCUT2D eigenvalue weighted by Gasteiger charge is 2.09. The molecular formula is C19H15NO2. The van der Waals surface area contributed by atoms with Crippen LogP contribution < -0.4 is 4.74 Å². The number of hydrogen-bond acceptors (Lipinski definition) is 3. The van der Waals surface area contributed by atoms with E-state index < -0.39 is 0 Å². The molecule has 1 aromatic heterocycles. The van der Waals surface area contributed by atoms with E-state index >= 15 is 0 Å². The van der Waals surface area contributed by atoms with Crippen LogP contribution in [0.1, 0.15) is 15.9 Å². The lowest BCUT2D eigenvalue weighted by molar-refractivity contribution is 0.103. The first kappa shape index (κ1) is 14.0. The smallest absolute Gasteiger partial charge is 0.194 e. The van der Waals surface area contributed by atoms with E-state index in [1.54, 1.807) is 31.6 Å². The van der Waals surface area contributed by atoms with Crippen LogP contribution in [0.5, 0.6) is 5.75 Å². The van der Waals surface area contributed by atoms with Crippen LogP contribution in [0.15, 0.2) is 73.1 Å². The predicted molar refractivity (Wildman–Crippen MR) is 86.1 cm³/mol. The zero-order valence-electron chi connectivity index (χ0n) is 12.2. The minimum atomic E-state index is -0.0191. The molecule has 0 fully saturated rings. The lowest BCUT2D eigenvalue weighted by Crippen LogP contribution is -2.01. The third kappa shape index (κ3) is 2.88. The van der Waals surface area contributed by atoms with Gasteiger partial charge in [-0.1, -0.05) is 36.4 Å². The number of ketones is 1. The number of carbonyl (C=O) groups is 1. The molecule has 108 valence electrons. The number of pyridine rings is 1. The predicted octanol–water partition coefficient (Wildman–Crippen LogP) is 3.99. The minimum Gasteiger partial charge on any atom is -0.497 e. The number of carbonyl (C=O) groups excluding carboxylic acids is 1. The third-order valence-corrected chi connectivity index (χ3v) is 3.49. The summed E-state index contributed by atoms with van der Waals surface area (Å²) in [5, 5.41) is 0. The highest BCUT2D eigenvalue weighted by atomic mass is 16.5. The van der Waals surface area contributed by atoms with Crippen molar-refractivity contribution in [1.29, 1.82) is 0 Å². The van der Waals surface area contributed by atoms with Crippen LogP contribution >= 0.6 is 0 Å². The molecule has 0 bridgehead atoms. The summed E-state index contributed by atoms with van der Waals surface area (Å²) in [6.07, 6.45) is 3.24. The summed E-state index contributed by atoms with van der Waals surface area (Å²) in [5.74, 6) is 0.807. The van der Waals surface area contributed by atoms with E-state index in [-0.39, 0.29) is 5.78 Å². The van der Waals surface area contributed by atoms with Gasteiger partial charge in [-0.3, -0.25) is 9.78 Å². The fourth-order valence-electron chi connectivity index (χ4n) is 2.26. The van der Waals surface area contributed by atoms with Gasteiger partial charge in [0.15, 0.2) is 5.78 Å². The number of nitrogens with zero attached hydrogens (tertiary/aromatic N) is 1. The molecule has 0 N–H and O–H groups in total. The Morgan fingerprint density at radius 3 is 2.05 bits per heavy atom. The third-order valence-electron chi connectivity index (χ3n) is 3.49. The molecule has 3 aromatic rings. The van der Waals surface area contributed by atoms with Gasteiger partial charge in [0.05, 0.1) is 7.11 Å². The van der Waals surface area contributed by atoms with Crippen molar-refractivity contribution >= 4 is 5.78 Å². The maximum atomic E-state index is 12.3. The molecule has 0 saturated carbocycles. The first-order valence-electron chi connectivity index (χ1n) is 6.97. The van der Waals surface area contributed by atoms with Gasteiger partial charge in [0.25, 0.3) is 0 Å². The van der Waals surface area contributed by atoms with Crippen LogP contribution in [-0.2, 0) is 0 Å². The maximum absolute atomic E-state index is 12.3. The Hall–Kier alpha value is -2.94. The molecule has 0 atom stereocenters. The van der Waals surface area contributed by atoms with Crippen LogP contribution in [0.4, 0.5) is 0 Å². The topological polar surface area (TPSA) is 39.2 Å². The molecule has 0 aliphatic heterocycles. The molecule has 2 aromatic carbocycles.